The minimum Gasteiger partial charge on any atom is -0.340 e. The van der Waals surface area contributed by atoms with Gasteiger partial charge in [-0.05, 0) is 24.1 Å². The van der Waals surface area contributed by atoms with Gasteiger partial charge in [0.25, 0.3) is 0 Å². The summed E-state index contributed by atoms with van der Waals surface area (Å²) < 4.78 is 0.993. The molecule has 1 heterocycles. The SMILES string of the molecule is NOC1CCN(C(=O)Cc2cccc(Br)c2)C1. The number of hydrogen-bond acceptors (Lipinski definition) is 3. The first-order valence-corrected chi connectivity index (χ1v) is 6.36. The van der Waals surface area contributed by atoms with Crippen molar-refractivity contribution in [1.82, 2.24) is 4.90 Å². The Labute approximate surface area is 109 Å². The van der Waals surface area contributed by atoms with Gasteiger partial charge in [-0.25, -0.2) is 5.90 Å². The van der Waals surface area contributed by atoms with E-state index in [1.807, 2.05) is 24.3 Å². The van der Waals surface area contributed by atoms with Crippen LogP contribution in [0.25, 0.3) is 0 Å². The molecule has 17 heavy (non-hydrogen) atoms. The zero-order chi connectivity index (χ0) is 12.3. The minimum atomic E-state index is -0.0125. The molecule has 2 rings (SSSR count). The summed E-state index contributed by atoms with van der Waals surface area (Å²) in [6.45, 7) is 1.33. The third kappa shape index (κ3) is 3.28. The summed E-state index contributed by atoms with van der Waals surface area (Å²) in [5, 5.41) is 0. The third-order valence-corrected chi connectivity index (χ3v) is 3.43. The Balaban J connectivity index is 1.93. The number of halogens is 1. The highest BCUT2D eigenvalue weighted by Gasteiger charge is 2.26. The van der Waals surface area contributed by atoms with Crippen LogP contribution in [0.4, 0.5) is 0 Å². The largest absolute Gasteiger partial charge is 0.340 e. The number of amides is 1. The zero-order valence-corrected chi connectivity index (χ0v) is 11.0. The molecule has 0 spiro atoms. The van der Waals surface area contributed by atoms with Crippen LogP contribution in [0.15, 0.2) is 28.7 Å². The van der Waals surface area contributed by atoms with Crippen LogP contribution in [0, 0.1) is 0 Å². The summed E-state index contributed by atoms with van der Waals surface area (Å²) in [5.41, 5.74) is 1.02. The number of nitrogens with two attached hydrogens (primary N) is 1. The second kappa shape index (κ2) is 5.62. The standard InChI is InChI=1S/C12H15BrN2O2/c13-10-3-1-2-9(6-10)7-12(16)15-5-4-11(8-15)17-14/h1-3,6,11H,4-5,7-8,14H2. The van der Waals surface area contributed by atoms with E-state index in [2.05, 4.69) is 15.9 Å². The van der Waals surface area contributed by atoms with E-state index in [9.17, 15) is 4.79 Å². The molecule has 4 nitrogen and oxygen atoms in total. The molecule has 1 atom stereocenters. The third-order valence-electron chi connectivity index (χ3n) is 2.93. The summed E-state index contributed by atoms with van der Waals surface area (Å²) in [6, 6.07) is 7.80. The normalized spacial score (nSPS) is 19.6. The van der Waals surface area contributed by atoms with Gasteiger partial charge in [0.1, 0.15) is 0 Å². The first kappa shape index (κ1) is 12.5. The summed E-state index contributed by atoms with van der Waals surface area (Å²) in [4.78, 5) is 18.6. The molecule has 1 saturated heterocycles. The van der Waals surface area contributed by atoms with E-state index in [-0.39, 0.29) is 12.0 Å². The summed E-state index contributed by atoms with van der Waals surface area (Å²) in [5.74, 6) is 5.25. The molecule has 1 unspecified atom stereocenters. The van der Waals surface area contributed by atoms with Gasteiger partial charge in [0, 0.05) is 17.6 Å². The molecule has 0 aromatic heterocycles. The van der Waals surface area contributed by atoms with Crippen LogP contribution in [0.3, 0.4) is 0 Å². The fraction of sp³-hybridized carbons (Fsp3) is 0.417. The van der Waals surface area contributed by atoms with Gasteiger partial charge in [-0.2, -0.15) is 0 Å². The predicted octanol–water partition coefficient (Wildman–Crippen LogP) is 1.48. The minimum absolute atomic E-state index is 0.0125. The van der Waals surface area contributed by atoms with Crippen LogP contribution in [-0.2, 0) is 16.1 Å². The van der Waals surface area contributed by atoms with Gasteiger partial charge in [-0.15, -0.1) is 0 Å². The van der Waals surface area contributed by atoms with Gasteiger partial charge in [0.05, 0.1) is 12.5 Å². The van der Waals surface area contributed by atoms with Gasteiger partial charge >= 0.3 is 0 Å². The predicted molar refractivity (Wildman–Crippen MR) is 68.1 cm³/mol. The molecule has 1 aliphatic heterocycles. The lowest BCUT2D eigenvalue weighted by molar-refractivity contribution is -0.129. The summed E-state index contributed by atoms with van der Waals surface area (Å²) in [6.07, 6.45) is 1.23. The van der Waals surface area contributed by atoms with Crippen LogP contribution in [0.2, 0.25) is 0 Å². The molecule has 0 saturated carbocycles. The van der Waals surface area contributed by atoms with Crippen molar-refractivity contribution in [2.75, 3.05) is 13.1 Å². The van der Waals surface area contributed by atoms with Crippen molar-refractivity contribution in [3.63, 3.8) is 0 Å². The monoisotopic (exact) mass is 298 g/mol. The van der Waals surface area contributed by atoms with E-state index in [1.165, 1.54) is 0 Å². The van der Waals surface area contributed by atoms with Crippen molar-refractivity contribution >= 4 is 21.8 Å². The molecule has 1 amide bonds. The van der Waals surface area contributed by atoms with Crippen LogP contribution >= 0.6 is 15.9 Å². The van der Waals surface area contributed by atoms with Crippen LogP contribution in [0.5, 0.6) is 0 Å². The number of benzene rings is 1. The number of hydrogen-bond donors (Lipinski definition) is 1. The Morgan fingerprint density at radius 2 is 2.41 bits per heavy atom. The van der Waals surface area contributed by atoms with Crippen LogP contribution in [-0.4, -0.2) is 30.0 Å². The Morgan fingerprint density at radius 1 is 1.59 bits per heavy atom. The maximum Gasteiger partial charge on any atom is 0.227 e. The Morgan fingerprint density at radius 3 is 3.06 bits per heavy atom. The summed E-state index contributed by atoms with van der Waals surface area (Å²) >= 11 is 3.39. The second-order valence-electron chi connectivity index (χ2n) is 4.19. The maximum atomic E-state index is 12.0. The van der Waals surface area contributed by atoms with E-state index in [1.54, 1.807) is 4.90 Å². The molecule has 2 N–H and O–H groups in total. The van der Waals surface area contributed by atoms with Crippen molar-refractivity contribution in [3.05, 3.63) is 34.3 Å². The van der Waals surface area contributed by atoms with E-state index < -0.39 is 0 Å². The first-order valence-electron chi connectivity index (χ1n) is 5.57. The highest BCUT2D eigenvalue weighted by molar-refractivity contribution is 9.10. The number of likely N-dealkylation sites (tertiary alicyclic amines) is 1. The molecule has 1 aromatic rings. The van der Waals surface area contributed by atoms with Gasteiger partial charge < -0.3 is 4.90 Å². The number of carbonyl (C=O) groups is 1. The lowest BCUT2D eigenvalue weighted by Gasteiger charge is -2.15. The van der Waals surface area contributed by atoms with Crippen molar-refractivity contribution < 1.29 is 9.63 Å². The molecule has 0 radical (unpaired) electrons. The fourth-order valence-electron chi connectivity index (χ4n) is 2.00. The highest BCUT2D eigenvalue weighted by atomic mass is 79.9. The smallest absolute Gasteiger partial charge is 0.227 e. The maximum absolute atomic E-state index is 12.0. The quantitative estimate of drug-likeness (QED) is 0.860. The average molecular weight is 299 g/mol. The van der Waals surface area contributed by atoms with Gasteiger partial charge in [-0.1, -0.05) is 28.1 Å². The molecule has 0 bridgehead atoms. The molecule has 1 fully saturated rings. The number of nitrogens with zero attached hydrogens (tertiary/aromatic N) is 1. The van der Waals surface area contributed by atoms with Crippen molar-refractivity contribution in [1.29, 1.82) is 0 Å². The Bertz CT molecular complexity index is 411. The molecule has 1 aliphatic rings. The van der Waals surface area contributed by atoms with E-state index >= 15 is 0 Å². The first-order chi connectivity index (χ1) is 8.19. The molecule has 5 heteroatoms. The van der Waals surface area contributed by atoms with Crippen LogP contribution < -0.4 is 5.90 Å². The van der Waals surface area contributed by atoms with E-state index in [4.69, 9.17) is 10.7 Å². The lowest BCUT2D eigenvalue weighted by Crippen LogP contribution is -2.32. The van der Waals surface area contributed by atoms with Gasteiger partial charge in [-0.3, -0.25) is 9.63 Å². The molecular weight excluding hydrogens is 284 g/mol. The molecule has 92 valence electrons. The van der Waals surface area contributed by atoms with Gasteiger partial charge in [0.2, 0.25) is 5.91 Å². The van der Waals surface area contributed by atoms with Gasteiger partial charge in [0.15, 0.2) is 0 Å². The average Bonchev–Trinajstić information content (AvgIpc) is 2.77. The van der Waals surface area contributed by atoms with E-state index in [0.717, 1.165) is 23.0 Å². The summed E-state index contributed by atoms with van der Waals surface area (Å²) in [7, 11) is 0. The molecule has 0 aliphatic carbocycles. The Hall–Kier alpha value is -0.910. The molecule has 1 aromatic carbocycles. The highest BCUT2D eigenvalue weighted by Crippen LogP contribution is 2.15. The van der Waals surface area contributed by atoms with Crippen molar-refractivity contribution in [2.24, 2.45) is 5.90 Å². The fourth-order valence-corrected chi connectivity index (χ4v) is 2.45. The Kier molecular flexibility index (Phi) is 4.15. The second-order valence-corrected chi connectivity index (χ2v) is 5.11. The topological polar surface area (TPSA) is 55.6 Å². The number of carbonyl (C=O) groups excluding carboxylic acids is 1. The molecular formula is C12H15BrN2O2. The number of rotatable bonds is 3. The van der Waals surface area contributed by atoms with Crippen LogP contribution in [0.1, 0.15) is 12.0 Å². The zero-order valence-electron chi connectivity index (χ0n) is 9.43. The van der Waals surface area contributed by atoms with Crippen molar-refractivity contribution in [2.45, 2.75) is 18.9 Å². The van der Waals surface area contributed by atoms with E-state index in [0.29, 0.717) is 13.0 Å². The lowest BCUT2D eigenvalue weighted by atomic mass is 10.1. The van der Waals surface area contributed by atoms with Crippen molar-refractivity contribution in [3.8, 4) is 0 Å².